The van der Waals surface area contributed by atoms with Crippen LogP contribution in [0.2, 0.25) is 0 Å². The van der Waals surface area contributed by atoms with Crippen LogP contribution in [0.25, 0.3) is 11.1 Å². The van der Waals surface area contributed by atoms with Gasteiger partial charge in [0, 0.05) is 24.1 Å². The van der Waals surface area contributed by atoms with Crippen LogP contribution in [0.4, 0.5) is 5.69 Å². The lowest BCUT2D eigenvalue weighted by molar-refractivity contribution is -0.135. The molecule has 0 radical (unpaired) electrons. The molecule has 2 aromatic carbocycles. The minimum Gasteiger partial charge on any atom is -0.490 e. The van der Waals surface area contributed by atoms with E-state index in [0.29, 0.717) is 11.6 Å². The minimum absolute atomic E-state index is 0.0205. The van der Waals surface area contributed by atoms with Crippen LogP contribution in [0.1, 0.15) is 62.8 Å². The monoisotopic (exact) mass is 527 g/mol. The number of benzene rings is 2. The number of aryl methyl sites for hydroxylation is 1. The number of aliphatic imine (C=N–C) groups is 1. The van der Waals surface area contributed by atoms with Crippen molar-refractivity contribution in [2.24, 2.45) is 22.6 Å². The van der Waals surface area contributed by atoms with Crippen LogP contribution in [0.15, 0.2) is 75.9 Å². The van der Waals surface area contributed by atoms with Gasteiger partial charge in [-0.05, 0) is 74.4 Å². The first kappa shape index (κ1) is 26.7. The Bertz CT molecular complexity index is 1370. The van der Waals surface area contributed by atoms with E-state index in [-0.39, 0.29) is 23.5 Å². The van der Waals surface area contributed by atoms with Crippen LogP contribution in [-0.2, 0) is 9.53 Å². The maximum atomic E-state index is 12.6. The van der Waals surface area contributed by atoms with Gasteiger partial charge in [-0.2, -0.15) is 0 Å². The number of methoxy groups -OCH3 is 1. The molecule has 0 saturated heterocycles. The first-order valence-corrected chi connectivity index (χ1v) is 13.9. The second kappa shape index (κ2) is 11.9. The Morgan fingerprint density at radius 2 is 1.85 bits per heavy atom. The molecule has 2 aliphatic rings. The number of nitrogens with zero attached hydrogens (tertiary/aromatic N) is 2. The van der Waals surface area contributed by atoms with E-state index in [0.717, 1.165) is 40.4 Å². The lowest BCUT2D eigenvalue weighted by Gasteiger charge is -2.28. The maximum Gasteiger partial charge on any atom is 0.341 e. The van der Waals surface area contributed by atoms with Crippen molar-refractivity contribution in [3.8, 4) is 16.9 Å². The second-order valence-electron chi connectivity index (χ2n) is 10.7. The Hall–Kier alpha value is -3.87. The van der Waals surface area contributed by atoms with E-state index >= 15 is 0 Å². The average molecular weight is 528 g/mol. The number of nitrogens with two attached hydrogens (primary N) is 1. The van der Waals surface area contributed by atoms with E-state index in [1.54, 1.807) is 0 Å². The van der Waals surface area contributed by atoms with Crippen molar-refractivity contribution in [2.45, 2.75) is 64.4 Å². The summed E-state index contributed by atoms with van der Waals surface area (Å²) in [5.41, 5.74) is 10.4. The highest BCUT2D eigenvalue weighted by atomic mass is 16.5. The molecule has 5 rings (SSSR count). The Labute approximate surface area is 230 Å². The summed E-state index contributed by atoms with van der Waals surface area (Å²) in [5, 5.41) is 4.01. The summed E-state index contributed by atoms with van der Waals surface area (Å²) in [7, 11) is 1.35. The first-order chi connectivity index (χ1) is 19.0. The molecule has 7 nitrogen and oxygen atoms in total. The molecular weight excluding hydrogens is 490 g/mol. The molecule has 204 valence electrons. The molecule has 2 fully saturated rings. The van der Waals surface area contributed by atoms with Crippen LogP contribution >= 0.6 is 0 Å². The Balaban J connectivity index is 1.40. The maximum absolute atomic E-state index is 12.6. The van der Waals surface area contributed by atoms with Crippen molar-refractivity contribution < 1.29 is 18.8 Å². The third-order valence-electron chi connectivity index (χ3n) is 7.90. The normalized spacial score (nSPS) is 20.9. The van der Waals surface area contributed by atoms with Gasteiger partial charge in [-0.25, -0.2) is 4.79 Å². The molecule has 2 unspecified atom stereocenters. The summed E-state index contributed by atoms with van der Waals surface area (Å²) in [5.74, 6) is 1.84. The highest BCUT2D eigenvalue weighted by Gasteiger charge is 2.47. The number of carbonyl (C=O) groups is 1. The van der Waals surface area contributed by atoms with Crippen LogP contribution in [0.3, 0.4) is 0 Å². The van der Waals surface area contributed by atoms with Gasteiger partial charge >= 0.3 is 5.97 Å². The SMILES string of the molecule is COC(=O)C(=CN)C(=Nc1cccc(-c2cccc(OC(C)C3CCCCC3)c2)c1)[C@@H]1CC1c1cc(C)no1. The fourth-order valence-electron chi connectivity index (χ4n) is 5.64. The van der Waals surface area contributed by atoms with Gasteiger partial charge in [0.15, 0.2) is 0 Å². The third-order valence-corrected chi connectivity index (χ3v) is 7.90. The van der Waals surface area contributed by atoms with E-state index in [1.807, 2.05) is 43.3 Å². The van der Waals surface area contributed by atoms with E-state index in [4.69, 9.17) is 24.7 Å². The Kier molecular flexibility index (Phi) is 8.15. The number of esters is 1. The fraction of sp³-hybridized carbons (Fsp3) is 0.406. The van der Waals surface area contributed by atoms with E-state index in [1.165, 1.54) is 45.4 Å². The zero-order valence-corrected chi connectivity index (χ0v) is 22.9. The van der Waals surface area contributed by atoms with Gasteiger partial charge in [-0.15, -0.1) is 0 Å². The van der Waals surface area contributed by atoms with Crippen LogP contribution in [0, 0.1) is 18.8 Å². The number of ether oxygens (including phenoxy) is 2. The van der Waals surface area contributed by atoms with Crippen LogP contribution in [0.5, 0.6) is 5.75 Å². The Morgan fingerprint density at radius 1 is 1.10 bits per heavy atom. The molecule has 0 bridgehead atoms. The minimum atomic E-state index is -0.510. The lowest BCUT2D eigenvalue weighted by Crippen LogP contribution is -2.25. The summed E-state index contributed by atoms with van der Waals surface area (Å²) in [6, 6.07) is 18.1. The zero-order valence-electron chi connectivity index (χ0n) is 22.9. The van der Waals surface area contributed by atoms with Gasteiger partial charge in [0.25, 0.3) is 0 Å². The van der Waals surface area contributed by atoms with E-state index in [2.05, 4.69) is 30.3 Å². The first-order valence-electron chi connectivity index (χ1n) is 13.9. The summed E-state index contributed by atoms with van der Waals surface area (Å²) >= 11 is 0. The molecule has 2 aliphatic carbocycles. The average Bonchev–Trinajstić information content (AvgIpc) is 3.65. The summed E-state index contributed by atoms with van der Waals surface area (Å²) in [6.45, 7) is 4.08. The van der Waals surface area contributed by atoms with Gasteiger partial charge in [-0.1, -0.05) is 48.7 Å². The predicted molar refractivity (Wildman–Crippen MR) is 152 cm³/mol. The third kappa shape index (κ3) is 6.24. The van der Waals surface area contributed by atoms with Crippen molar-refractivity contribution in [1.29, 1.82) is 0 Å². The molecule has 2 N–H and O–H groups in total. The molecule has 1 heterocycles. The van der Waals surface area contributed by atoms with Gasteiger partial charge in [-0.3, -0.25) is 4.99 Å². The quantitative estimate of drug-likeness (QED) is 0.185. The molecule has 3 atom stereocenters. The second-order valence-corrected chi connectivity index (χ2v) is 10.7. The number of hydrogen-bond donors (Lipinski definition) is 1. The van der Waals surface area contributed by atoms with Crippen molar-refractivity contribution in [3.05, 3.63) is 77.8 Å². The van der Waals surface area contributed by atoms with Crippen molar-refractivity contribution in [3.63, 3.8) is 0 Å². The largest absolute Gasteiger partial charge is 0.490 e. The van der Waals surface area contributed by atoms with E-state index < -0.39 is 5.97 Å². The highest BCUT2D eigenvalue weighted by Crippen LogP contribution is 2.50. The predicted octanol–water partition coefficient (Wildman–Crippen LogP) is 6.89. The highest BCUT2D eigenvalue weighted by molar-refractivity contribution is 6.22. The molecule has 0 spiro atoms. The van der Waals surface area contributed by atoms with Crippen LogP contribution < -0.4 is 10.5 Å². The zero-order chi connectivity index (χ0) is 27.4. The molecule has 1 aromatic heterocycles. The van der Waals surface area contributed by atoms with Crippen molar-refractivity contribution in [2.75, 3.05) is 7.11 Å². The molecule has 0 amide bonds. The fourth-order valence-corrected chi connectivity index (χ4v) is 5.64. The summed E-state index contributed by atoms with van der Waals surface area (Å²) < 4.78 is 16.9. The van der Waals surface area contributed by atoms with Gasteiger partial charge in [0.2, 0.25) is 0 Å². The smallest absolute Gasteiger partial charge is 0.341 e. The molecular formula is C32H37N3O4. The number of hydrogen-bond acceptors (Lipinski definition) is 7. The molecule has 39 heavy (non-hydrogen) atoms. The molecule has 3 aromatic rings. The topological polar surface area (TPSA) is 99.9 Å². The van der Waals surface area contributed by atoms with Crippen molar-refractivity contribution >= 4 is 17.4 Å². The van der Waals surface area contributed by atoms with Gasteiger partial charge in [0.1, 0.15) is 11.5 Å². The van der Waals surface area contributed by atoms with Crippen LogP contribution in [-0.4, -0.2) is 30.1 Å². The van der Waals surface area contributed by atoms with Gasteiger partial charge < -0.3 is 19.7 Å². The molecule has 7 heteroatoms. The molecule has 2 saturated carbocycles. The van der Waals surface area contributed by atoms with Crippen molar-refractivity contribution in [1.82, 2.24) is 5.16 Å². The summed E-state index contributed by atoms with van der Waals surface area (Å²) in [4.78, 5) is 17.5. The van der Waals surface area contributed by atoms with E-state index in [9.17, 15) is 4.79 Å². The standard InChI is InChI=1S/C32H37N3O4/c1-20-15-30(39-35-20)27-18-28(27)31(29(19-33)32(36)37-3)34-25-13-7-11-23(16-25)24-12-8-14-26(17-24)38-21(2)22-9-5-4-6-10-22/h7-8,11-17,19,21-22,27-28H,4-6,9-10,18,33H2,1-3H3/t21?,27?,28-/m1/s1. The van der Waals surface area contributed by atoms with Gasteiger partial charge in [0.05, 0.1) is 35.9 Å². The number of rotatable bonds is 9. The Morgan fingerprint density at radius 3 is 2.54 bits per heavy atom. The lowest BCUT2D eigenvalue weighted by atomic mass is 9.86. The number of carbonyl (C=O) groups excluding carboxylic acids is 1. The number of aromatic nitrogens is 1. The summed E-state index contributed by atoms with van der Waals surface area (Å²) in [6.07, 6.45) is 8.68. The molecule has 0 aliphatic heterocycles.